The number of anilines is 2. The van der Waals surface area contributed by atoms with Crippen LogP contribution < -0.4 is 5.32 Å². The summed E-state index contributed by atoms with van der Waals surface area (Å²) in [5.41, 5.74) is 2.51. The number of aryl methyl sites for hydroxylation is 1. The largest absolute Gasteiger partial charge is 0.324 e. The third-order valence-corrected chi connectivity index (χ3v) is 2.93. The summed E-state index contributed by atoms with van der Waals surface area (Å²) in [7, 11) is 0. The highest BCUT2D eigenvalue weighted by molar-refractivity contribution is 6.30. The molecule has 0 radical (unpaired) electrons. The Morgan fingerprint density at radius 3 is 2.44 bits per heavy atom. The van der Waals surface area contributed by atoms with Gasteiger partial charge in [-0.25, -0.2) is 14.4 Å². The molecule has 0 aliphatic rings. The van der Waals surface area contributed by atoms with Gasteiger partial charge in [-0.15, -0.1) is 0 Å². The minimum atomic E-state index is -0.281. The van der Waals surface area contributed by atoms with E-state index in [1.165, 1.54) is 12.1 Å². The van der Waals surface area contributed by atoms with E-state index in [4.69, 9.17) is 11.6 Å². The van der Waals surface area contributed by atoms with E-state index in [1.807, 2.05) is 13.8 Å². The third kappa shape index (κ3) is 2.76. The van der Waals surface area contributed by atoms with Gasteiger partial charge in [0.15, 0.2) is 0 Å². The average Bonchev–Trinajstić information content (AvgIpc) is 2.32. The molecule has 1 heterocycles. The van der Waals surface area contributed by atoms with Crippen LogP contribution in [0.5, 0.6) is 0 Å². The van der Waals surface area contributed by atoms with Gasteiger partial charge >= 0.3 is 0 Å². The second-order valence-corrected chi connectivity index (χ2v) is 4.25. The van der Waals surface area contributed by atoms with Crippen LogP contribution in [0.1, 0.15) is 18.2 Å². The number of rotatable bonds is 3. The Kier molecular flexibility index (Phi) is 3.77. The van der Waals surface area contributed by atoms with Crippen LogP contribution in [-0.2, 0) is 6.42 Å². The maximum absolute atomic E-state index is 12.8. The van der Waals surface area contributed by atoms with E-state index in [1.54, 1.807) is 12.1 Å². The SMILES string of the molecule is CCc1c(C)nc(Nc2ccc(F)cc2)nc1Cl. The summed E-state index contributed by atoms with van der Waals surface area (Å²) >= 11 is 6.08. The minimum absolute atomic E-state index is 0.281. The number of benzene rings is 1. The molecule has 1 N–H and O–H groups in total. The Bertz CT molecular complexity index is 532. The molecular weight excluding hydrogens is 253 g/mol. The number of nitrogens with zero attached hydrogens (tertiary/aromatic N) is 2. The van der Waals surface area contributed by atoms with E-state index in [-0.39, 0.29) is 5.82 Å². The average molecular weight is 266 g/mol. The van der Waals surface area contributed by atoms with E-state index < -0.39 is 0 Å². The quantitative estimate of drug-likeness (QED) is 0.856. The summed E-state index contributed by atoms with van der Waals surface area (Å²) in [5.74, 6) is 0.137. The van der Waals surface area contributed by atoms with Crippen molar-refractivity contribution in [2.24, 2.45) is 0 Å². The van der Waals surface area contributed by atoms with Gasteiger partial charge in [-0.1, -0.05) is 18.5 Å². The molecule has 0 fully saturated rings. The highest BCUT2D eigenvalue weighted by Crippen LogP contribution is 2.21. The van der Waals surface area contributed by atoms with Crippen molar-refractivity contribution >= 4 is 23.2 Å². The molecule has 0 amide bonds. The van der Waals surface area contributed by atoms with Crippen molar-refractivity contribution in [3.8, 4) is 0 Å². The number of nitrogens with one attached hydrogen (secondary N) is 1. The zero-order valence-corrected chi connectivity index (χ0v) is 10.9. The van der Waals surface area contributed by atoms with Crippen LogP contribution in [0.4, 0.5) is 16.0 Å². The lowest BCUT2D eigenvalue weighted by molar-refractivity contribution is 0.628. The number of hydrogen-bond acceptors (Lipinski definition) is 3. The lowest BCUT2D eigenvalue weighted by Gasteiger charge is -2.09. The first-order chi connectivity index (χ1) is 8.60. The molecular formula is C13H13ClFN3. The number of halogens is 2. The third-order valence-electron chi connectivity index (χ3n) is 2.62. The molecule has 94 valence electrons. The summed E-state index contributed by atoms with van der Waals surface area (Å²) in [6.45, 7) is 3.90. The number of hydrogen-bond donors (Lipinski definition) is 1. The van der Waals surface area contributed by atoms with Gasteiger partial charge in [0.05, 0.1) is 0 Å². The lowest BCUT2D eigenvalue weighted by Crippen LogP contribution is -2.02. The molecule has 0 unspecified atom stereocenters. The summed E-state index contributed by atoms with van der Waals surface area (Å²) in [4.78, 5) is 8.49. The monoisotopic (exact) mass is 265 g/mol. The van der Waals surface area contributed by atoms with E-state index in [0.717, 1.165) is 23.4 Å². The zero-order chi connectivity index (χ0) is 13.1. The molecule has 5 heteroatoms. The van der Waals surface area contributed by atoms with Crippen molar-refractivity contribution in [1.82, 2.24) is 9.97 Å². The van der Waals surface area contributed by atoms with Gasteiger partial charge in [0.25, 0.3) is 0 Å². The van der Waals surface area contributed by atoms with Crippen LogP contribution >= 0.6 is 11.6 Å². The molecule has 2 aromatic rings. The molecule has 0 saturated heterocycles. The predicted molar refractivity (Wildman–Crippen MR) is 70.8 cm³/mol. The van der Waals surface area contributed by atoms with Crippen LogP contribution in [0.15, 0.2) is 24.3 Å². The molecule has 1 aromatic heterocycles. The van der Waals surface area contributed by atoms with Crippen molar-refractivity contribution in [3.63, 3.8) is 0 Å². The Morgan fingerprint density at radius 1 is 1.22 bits per heavy atom. The molecule has 0 spiro atoms. The van der Waals surface area contributed by atoms with Gasteiger partial charge < -0.3 is 5.32 Å². The standard InChI is InChI=1S/C13H13ClFN3/c1-3-11-8(2)16-13(18-12(11)14)17-10-6-4-9(15)5-7-10/h4-7H,3H2,1-2H3,(H,16,17,18). The molecule has 1 aromatic carbocycles. The Hall–Kier alpha value is -1.68. The van der Waals surface area contributed by atoms with Gasteiger partial charge in [-0.3, -0.25) is 0 Å². The highest BCUT2D eigenvalue weighted by Gasteiger charge is 2.08. The summed E-state index contributed by atoms with van der Waals surface area (Å²) in [5, 5.41) is 3.44. The topological polar surface area (TPSA) is 37.8 Å². The fourth-order valence-corrected chi connectivity index (χ4v) is 2.03. The summed E-state index contributed by atoms with van der Waals surface area (Å²) < 4.78 is 12.8. The van der Waals surface area contributed by atoms with Gasteiger partial charge in [-0.2, -0.15) is 0 Å². The molecule has 0 bridgehead atoms. The second kappa shape index (κ2) is 5.31. The first kappa shape index (κ1) is 12.8. The first-order valence-corrected chi connectivity index (χ1v) is 6.03. The summed E-state index contributed by atoms with van der Waals surface area (Å²) in [6.07, 6.45) is 0.793. The van der Waals surface area contributed by atoms with Crippen molar-refractivity contribution in [3.05, 3.63) is 46.5 Å². The maximum Gasteiger partial charge on any atom is 0.228 e. The molecule has 0 atom stereocenters. The fraction of sp³-hybridized carbons (Fsp3) is 0.231. The predicted octanol–water partition coefficient (Wildman–Crippen LogP) is 3.88. The summed E-state index contributed by atoms with van der Waals surface area (Å²) in [6, 6.07) is 5.99. The van der Waals surface area contributed by atoms with Gasteiger partial charge in [0, 0.05) is 16.9 Å². The maximum atomic E-state index is 12.8. The molecule has 3 nitrogen and oxygen atoms in total. The van der Waals surface area contributed by atoms with Crippen LogP contribution in [-0.4, -0.2) is 9.97 Å². The zero-order valence-electron chi connectivity index (χ0n) is 10.2. The minimum Gasteiger partial charge on any atom is -0.324 e. The molecule has 18 heavy (non-hydrogen) atoms. The van der Waals surface area contributed by atoms with E-state index in [0.29, 0.717) is 11.1 Å². The Labute approximate surface area is 110 Å². The Morgan fingerprint density at radius 2 is 1.89 bits per heavy atom. The van der Waals surface area contributed by atoms with Gasteiger partial charge in [0.1, 0.15) is 11.0 Å². The van der Waals surface area contributed by atoms with Crippen molar-refractivity contribution < 1.29 is 4.39 Å². The van der Waals surface area contributed by atoms with Crippen LogP contribution in [0.25, 0.3) is 0 Å². The smallest absolute Gasteiger partial charge is 0.228 e. The van der Waals surface area contributed by atoms with Crippen molar-refractivity contribution in [1.29, 1.82) is 0 Å². The van der Waals surface area contributed by atoms with E-state index >= 15 is 0 Å². The van der Waals surface area contributed by atoms with E-state index in [2.05, 4.69) is 15.3 Å². The van der Waals surface area contributed by atoms with Crippen LogP contribution in [0.2, 0.25) is 5.15 Å². The molecule has 0 aliphatic carbocycles. The Balaban J connectivity index is 2.27. The lowest BCUT2D eigenvalue weighted by atomic mass is 10.2. The molecule has 2 rings (SSSR count). The molecule has 0 saturated carbocycles. The normalized spacial score (nSPS) is 10.4. The fourth-order valence-electron chi connectivity index (χ4n) is 1.68. The van der Waals surface area contributed by atoms with Crippen LogP contribution in [0.3, 0.4) is 0 Å². The van der Waals surface area contributed by atoms with Crippen LogP contribution in [0, 0.1) is 12.7 Å². The van der Waals surface area contributed by atoms with Crippen molar-refractivity contribution in [2.75, 3.05) is 5.32 Å². The number of aromatic nitrogens is 2. The highest BCUT2D eigenvalue weighted by atomic mass is 35.5. The van der Waals surface area contributed by atoms with E-state index in [9.17, 15) is 4.39 Å². The van der Waals surface area contributed by atoms with Gasteiger partial charge in [0.2, 0.25) is 5.95 Å². The van der Waals surface area contributed by atoms with Crippen molar-refractivity contribution in [2.45, 2.75) is 20.3 Å². The molecule has 0 aliphatic heterocycles. The first-order valence-electron chi connectivity index (χ1n) is 5.65. The van der Waals surface area contributed by atoms with Gasteiger partial charge in [-0.05, 0) is 37.6 Å². The second-order valence-electron chi connectivity index (χ2n) is 3.89.